The fourth-order valence-corrected chi connectivity index (χ4v) is 2.93. The van der Waals surface area contributed by atoms with E-state index in [1.807, 2.05) is 41.8 Å². The summed E-state index contributed by atoms with van der Waals surface area (Å²) in [6.45, 7) is 0.296. The standard InChI is InChI=1S/C14H10N4O2S/c19-14-18(13(17-20-14)11-6-3-7-21-11)8-12-15-9-4-1-2-5-10(9)16-12/h1-7H,8H2,(H,15,16). The number of H-pyrrole nitrogens is 1. The number of hydrogen-bond acceptors (Lipinski definition) is 5. The maximum atomic E-state index is 11.9. The first kappa shape index (κ1) is 12.1. The molecule has 0 amide bonds. The monoisotopic (exact) mass is 298 g/mol. The zero-order valence-corrected chi connectivity index (χ0v) is 11.6. The highest BCUT2D eigenvalue weighted by atomic mass is 32.1. The smallest absolute Gasteiger partial charge is 0.340 e. The summed E-state index contributed by atoms with van der Waals surface area (Å²) in [6, 6.07) is 11.5. The molecule has 0 aliphatic rings. The Labute approximate surface area is 122 Å². The molecule has 104 valence electrons. The summed E-state index contributed by atoms with van der Waals surface area (Å²) in [4.78, 5) is 20.4. The molecule has 0 fully saturated rings. The molecule has 3 aromatic heterocycles. The molecule has 7 heteroatoms. The lowest BCUT2D eigenvalue weighted by molar-refractivity contribution is 0.378. The Morgan fingerprint density at radius 1 is 1.24 bits per heavy atom. The molecule has 4 aromatic rings. The fraction of sp³-hybridized carbons (Fsp3) is 0.0714. The third kappa shape index (κ3) is 2.07. The molecule has 1 aromatic carbocycles. The number of thiophene rings is 1. The molecule has 0 saturated heterocycles. The van der Waals surface area contributed by atoms with Gasteiger partial charge in [0.15, 0.2) is 5.82 Å². The summed E-state index contributed by atoms with van der Waals surface area (Å²) >= 11 is 1.51. The van der Waals surface area contributed by atoms with Crippen molar-refractivity contribution in [3.05, 3.63) is 58.2 Å². The summed E-state index contributed by atoms with van der Waals surface area (Å²) in [6.07, 6.45) is 0. The van der Waals surface area contributed by atoms with Gasteiger partial charge in [0, 0.05) is 0 Å². The quantitative estimate of drug-likeness (QED) is 0.630. The molecule has 21 heavy (non-hydrogen) atoms. The van der Waals surface area contributed by atoms with Crippen molar-refractivity contribution in [2.24, 2.45) is 0 Å². The maximum absolute atomic E-state index is 11.9. The highest BCUT2D eigenvalue weighted by Crippen LogP contribution is 2.22. The molecule has 0 spiro atoms. The second-order valence-electron chi connectivity index (χ2n) is 4.54. The van der Waals surface area contributed by atoms with Crippen LogP contribution in [0.2, 0.25) is 0 Å². The van der Waals surface area contributed by atoms with Crippen molar-refractivity contribution < 1.29 is 4.52 Å². The minimum atomic E-state index is -0.487. The second kappa shape index (κ2) is 4.71. The van der Waals surface area contributed by atoms with Gasteiger partial charge in [-0.25, -0.2) is 14.3 Å². The zero-order valence-electron chi connectivity index (χ0n) is 10.8. The maximum Gasteiger partial charge on any atom is 0.442 e. The van der Waals surface area contributed by atoms with Gasteiger partial charge in [0.2, 0.25) is 0 Å². The average Bonchev–Trinajstić information content (AvgIpc) is 3.19. The van der Waals surface area contributed by atoms with E-state index in [0.29, 0.717) is 18.2 Å². The number of imidazole rings is 1. The van der Waals surface area contributed by atoms with Gasteiger partial charge in [-0.2, -0.15) is 0 Å². The third-order valence-electron chi connectivity index (χ3n) is 3.17. The van der Waals surface area contributed by atoms with Gasteiger partial charge in [-0.1, -0.05) is 23.4 Å². The van der Waals surface area contributed by atoms with Crippen LogP contribution in [0.4, 0.5) is 0 Å². The molecule has 4 rings (SSSR count). The Bertz CT molecular complexity index is 916. The number of nitrogens with one attached hydrogen (secondary N) is 1. The van der Waals surface area contributed by atoms with Crippen LogP contribution in [0.1, 0.15) is 5.82 Å². The number of aromatic nitrogens is 4. The van der Waals surface area contributed by atoms with Crippen LogP contribution in [-0.4, -0.2) is 19.7 Å². The van der Waals surface area contributed by atoms with Gasteiger partial charge in [-0.05, 0) is 23.6 Å². The molecule has 0 aliphatic heterocycles. The molecule has 0 unspecified atom stereocenters. The first-order chi connectivity index (χ1) is 10.3. The molecule has 0 atom stereocenters. The molecular formula is C14H10N4O2S. The van der Waals surface area contributed by atoms with Crippen molar-refractivity contribution in [2.45, 2.75) is 6.54 Å². The van der Waals surface area contributed by atoms with Crippen molar-refractivity contribution in [2.75, 3.05) is 0 Å². The number of nitrogens with zero attached hydrogens (tertiary/aromatic N) is 3. The average molecular weight is 298 g/mol. The van der Waals surface area contributed by atoms with Crippen molar-refractivity contribution in [1.29, 1.82) is 0 Å². The zero-order chi connectivity index (χ0) is 14.2. The van der Waals surface area contributed by atoms with Crippen molar-refractivity contribution in [3.8, 4) is 10.7 Å². The van der Waals surface area contributed by atoms with Gasteiger partial charge in [-0.3, -0.25) is 4.52 Å². The Morgan fingerprint density at radius 2 is 2.14 bits per heavy atom. The lowest BCUT2D eigenvalue weighted by atomic mass is 10.3. The van der Waals surface area contributed by atoms with Crippen LogP contribution >= 0.6 is 11.3 Å². The lowest BCUT2D eigenvalue weighted by Crippen LogP contribution is -2.16. The van der Waals surface area contributed by atoms with Crippen molar-refractivity contribution >= 4 is 22.4 Å². The Kier molecular flexibility index (Phi) is 2.71. The van der Waals surface area contributed by atoms with Crippen LogP contribution in [0.3, 0.4) is 0 Å². The number of para-hydroxylation sites is 2. The summed E-state index contributed by atoms with van der Waals surface area (Å²) in [7, 11) is 0. The van der Waals surface area contributed by atoms with E-state index in [9.17, 15) is 4.79 Å². The SMILES string of the molecule is O=c1onc(-c2cccs2)n1Cc1nc2ccccc2[nH]1. The summed E-state index contributed by atoms with van der Waals surface area (Å²) in [5.74, 6) is 0.730. The van der Waals surface area contributed by atoms with Crippen LogP contribution in [0, 0.1) is 0 Å². The lowest BCUT2D eigenvalue weighted by Gasteiger charge is -1.99. The minimum absolute atomic E-state index is 0.296. The second-order valence-corrected chi connectivity index (χ2v) is 5.48. The van der Waals surface area contributed by atoms with E-state index in [0.717, 1.165) is 15.9 Å². The largest absolute Gasteiger partial charge is 0.442 e. The normalized spacial score (nSPS) is 11.2. The van der Waals surface area contributed by atoms with Crippen molar-refractivity contribution in [3.63, 3.8) is 0 Å². The van der Waals surface area contributed by atoms with E-state index in [2.05, 4.69) is 15.1 Å². The summed E-state index contributed by atoms with van der Waals surface area (Å²) in [5, 5.41) is 5.78. The van der Waals surface area contributed by atoms with Gasteiger partial charge in [0.05, 0.1) is 22.5 Å². The van der Waals surface area contributed by atoms with E-state index in [1.54, 1.807) is 0 Å². The Balaban J connectivity index is 1.77. The predicted molar refractivity (Wildman–Crippen MR) is 79.3 cm³/mol. The number of hydrogen-bond donors (Lipinski definition) is 1. The molecule has 1 N–H and O–H groups in total. The first-order valence-electron chi connectivity index (χ1n) is 6.35. The molecule has 0 bridgehead atoms. The summed E-state index contributed by atoms with van der Waals surface area (Å²) in [5.41, 5.74) is 1.81. The van der Waals surface area contributed by atoms with Gasteiger partial charge < -0.3 is 4.98 Å². The van der Waals surface area contributed by atoms with Gasteiger partial charge in [0.1, 0.15) is 5.82 Å². The summed E-state index contributed by atoms with van der Waals surface area (Å²) < 4.78 is 6.26. The molecule has 0 saturated carbocycles. The van der Waals surface area contributed by atoms with Gasteiger partial charge >= 0.3 is 5.76 Å². The molecule has 6 nitrogen and oxygen atoms in total. The van der Waals surface area contributed by atoms with Crippen LogP contribution in [0.25, 0.3) is 21.7 Å². The van der Waals surface area contributed by atoms with Crippen LogP contribution in [0.5, 0.6) is 0 Å². The highest BCUT2D eigenvalue weighted by molar-refractivity contribution is 7.13. The Hall–Kier alpha value is -2.67. The van der Waals surface area contributed by atoms with Crippen LogP contribution in [-0.2, 0) is 6.54 Å². The first-order valence-corrected chi connectivity index (χ1v) is 7.23. The van der Waals surface area contributed by atoms with E-state index < -0.39 is 5.76 Å². The van der Waals surface area contributed by atoms with E-state index in [-0.39, 0.29) is 0 Å². The molecule has 3 heterocycles. The Morgan fingerprint density at radius 3 is 2.95 bits per heavy atom. The molecular weight excluding hydrogens is 288 g/mol. The van der Waals surface area contributed by atoms with Crippen molar-refractivity contribution in [1.82, 2.24) is 19.7 Å². The van der Waals surface area contributed by atoms with Gasteiger partial charge in [0.25, 0.3) is 0 Å². The van der Waals surface area contributed by atoms with E-state index in [1.165, 1.54) is 15.9 Å². The fourth-order valence-electron chi connectivity index (χ4n) is 2.22. The number of benzene rings is 1. The third-order valence-corrected chi connectivity index (χ3v) is 4.04. The number of rotatable bonds is 3. The van der Waals surface area contributed by atoms with Crippen LogP contribution < -0.4 is 5.76 Å². The van der Waals surface area contributed by atoms with Gasteiger partial charge in [-0.15, -0.1) is 11.3 Å². The number of aromatic amines is 1. The number of fused-ring (bicyclic) bond motifs is 1. The highest BCUT2D eigenvalue weighted by Gasteiger charge is 2.15. The van der Waals surface area contributed by atoms with E-state index >= 15 is 0 Å². The molecule has 0 aliphatic carbocycles. The topological polar surface area (TPSA) is 76.7 Å². The van der Waals surface area contributed by atoms with Crippen LogP contribution in [0.15, 0.2) is 51.1 Å². The van der Waals surface area contributed by atoms with E-state index in [4.69, 9.17) is 4.52 Å². The predicted octanol–water partition coefficient (Wildman–Crippen LogP) is 2.49. The molecule has 0 radical (unpaired) electrons. The minimum Gasteiger partial charge on any atom is -0.340 e.